The highest BCUT2D eigenvalue weighted by atomic mass is 33.1. The number of fused-ring (bicyclic) bond motifs is 4. The minimum Gasteiger partial charge on any atom is -0.457 e. The maximum Gasteiger partial charge on any atom is 0.186 e. The van der Waals surface area contributed by atoms with Crippen molar-refractivity contribution in [2.75, 3.05) is 0 Å². The standard InChI is InChI=1S/C4N4S6.C2H2N2S3.H2O2.H2O/c5-1-9-2(6-5)13-14-4-8-7-3(10-4)12-11-1;5-1-3-4-2(6)7-1;1-2;/h;(H,3,5)(H,4,6);1-2H;1H2/p+1. The van der Waals surface area contributed by atoms with Gasteiger partial charge in [-0.1, -0.05) is 34.0 Å². The lowest BCUT2D eigenvalue weighted by Crippen LogP contribution is -1.71. The van der Waals surface area contributed by atoms with Crippen molar-refractivity contribution in [3.8, 4) is 0 Å². The number of rotatable bonds is 0. The van der Waals surface area contributed by atoms with Gasteiger partial charge in [-0.3, -0.25) is 20.7 Å². The van der Waals surface area contributed by atoms with Crippen LogP contribution in [0.2, 0.25) is 0 Å². The fraction of sp³-hybridized carbons (Fsp3) is 0. The first-order valence-corrected chi connectivity index (χ1v) is 12.6. The lowest BCUT2D eigenvalue weighted by atomic mass is 11.6. The van der Waals surface area contributed by atoms with Gasteiger partial charge in [-0.15, -0.1) is 20.4 Å². The number of nitrogens with zero attached hydrogens (tertiary/aromatic N) is 4. The monoisotopic (exact) mass is 499 g/mol. The van der Waals surface area contributed by atoms with Crippen molar-refractivity contribution in [2.24, 2.45) is 0 Å². The summed E-state index contributed by atoms with van der Waals surface area (Å²) in [6.07, 6.45) is 0. The van der Waals surface area contributed by atoms with Crippen LogP contribution < -0.4 is 0 Å². The van der Waals surface area contributed by atoms with Crippen LogP contribution in [0.4, 0.5) is 0 Å². The molecule has 0 fully saturated rings. The van der Waals surface area contributed by atoms with Gasteiger partial charge in [0, 0.05) is 0 Å². The summed E-state index contributed by atoms with van der Waals surface area (Å²) in [5, 5.41) is 33.6. The molecule has 9 nitrogen and oxygen atoms in total. The molecule has 0 saturated heterocycles. The molecule has 0 unspecified atom stereocenters. The Bertz CT molecular complexity index is 733. The Morgan fingerprint density at radius 3 is 1.12 bits per heavy atom. The van der Waals surface area contributed by atoms with Crippen molar-refractivity contribution in [3.05, 3.63) is 7.91 Å². The van der Waals surface area contributed by atoms with Crippen LogP contribution in [0.1, 0.15) is 0 Å². The van der Waals surface area contributed by atoms with Gasteiger partial charge < -0.3 is 5.48 Å². The molecule has 4 rings (SSSR count). The third-order valence-electron chi connectivity index (χ3n) is 1.60. The highest BCUT2D eigenvalue weighted by Crippen LogP contribution is 2.48. The van der Waals surface area contributed by atoms with Gasteiger partial charge in [-0.05, 0) is 67.6 Å². The molecular weight excluding hydrogens is 493 g/mol. The predicted molar refractivity (Wildman–Crippen MR) is 108 cm³/mol. The van der Waals surface area contributed by atoms with Crippen LogP contribution >= 0.6 is 102 Å². The Hall–Kier alpha value is 0.400. The lowest BCUT2D eigenvalue weighted by molar-refractivity contribution is -0.176. The van der Waals surface area contributed by atoms with Crippen LogP contribution in [0.15, 0.2) is 17.4 Å². The van der Waals surface area contributed by atoms with Gasteiger partial charge in [0.05, 0.1) is 0 Å². The Morgan fingerprint density at radius 2 is 0.917 bits per heavy atom. The van der Waals surface area contributed by atoms with E-state index in [0.29, 0.717) is 7.91 Å². The highest BCUT2D eigenvalue weighted by Gasteiger charge is 2.14. The zero-order valence-corrected chi connectivity index (χ0v) is 18.3. The first-order chi connectivity index (χ1) is 11.2. The number of hydrogen-bond donors (Lipinski definition) is 4. The lowest BCUT2D eigenvalue weighted by Gasteiger charge is -1.91. The molecule has 4 heterocycles. The van der Waals surface area contributed by atoms with Crippen molar-refractivity contribution >= 4 is 102 Å². The molecule has 0 saturated carbocycles. The van der Waals surface area contributed by atoms with Crippen LogP contribution in [0.5, 0.6) is 0 Å². The van der Waals surface area contributed by atoms with E-state index in [0.717, 1.165) is 17.4 Å². The van der Waals surface area contributed by atoms with Crippen molar-refractivity contribution in [2.45, 2.75) is 17.4 Å². The SMILES string of the molecule is OO.S=c1[nH][nH]c(=S)s1.[OH3+].n1nc2sc1SSc1nnc(s1)SS2. The summed E-state index contributed by atoms with van der Waals surface area (Å²) in [5.74, 6) is 0. The molecule has 1 aliphatic heterocycles. The van der Waals surface area contributed by atoms with Crippen LogP contribution in [-0.2, 0) is 5.48 Å². The van der Waals surface area contributed by atoms with E-state index in [1.165, 1.54) is 11.3 Å². The Kier molecular flexibility index (Phi) is 11.1. The summed E-state index contributed by atoms with van der Waals surface area (Å²) in [5.41, 5.74) is 0. The minimum absolute atomic E-state index is 0. The maximum atomic E-state index is 6.00. The van der Waals surface area contributed by atoms with Gasteiger partial charge >= 0.3 is 0 Å². The second-order valence-electron chi connectivity index (χ2n) is 2.93. The number of H-pyrrole nitrogens is 2. The molecular formula is C6H7N6O3S9+. The number of aromatic amines is 2. The molecule has 1 aliphatic rings. The Balaban J connectivity index is 0.000000247. The predicted octanol–water partition coefficient (Wildman–Crippen LogP) is 4.26. The first kappa shape index (κ1) is 22.4. The highest BCUT2D eigenvalue weighted by molar-refractivity contribution is 8.78. The van der Waals surface area contributed by atoms with E-state index in [1.807, 2.05) is 0 Å². The molecule has 24 heavy (non-hydrogen) atoms. The molecule has 7 N–H and O–H groups in total. The van der Waals surface area contributed by atoms with Crippen molar-refractivity contribution in [1.29, 1.82) is 0 Å². The normalized spacial score (nSPS) is 11.9. The molecule has 3 aromatic heterocycles. The van der Waals surface area contributed by atoms with E-state index in [1.54, 1.807) is 65.8 Å². The van der Waals surface area contributed by atoms with Crippen molar-refractivity contribution in [3.63, 3.8) is 0 Å². The summed E-state index contributed by atoms with van der Waals surface area (Å²) < 4.78 is 5.28. The zero-order valence-electron chi connectivity index (χ0n) is 10.9. The molecule has 0 amide bonds. The van der Waals surface area contributed by atoms with Gasteiger partial charge in [0.25, 0.3) is 0 Å². The first-order valence-electron chi connectivity index (χ1n) is 5.03. The molecule has 132 valence electrons. The summed E-state index contributed by atoms with van der Waals surface area (Å²) in [6.45, 7) is 0. The summed E-state index contributed by atoms with van der Waals surface area (Å²) in [4.78, 5) is 0. The fourth-order valence-electron chi connectivity index (χ4n) is 0.909. The quantitative estimate of drug-likeness (QED) is 0.115. The number of hydrogen-bond acceptors (Lipinski definition) is 15. The average molecular weight is 500 g/mol. The van der Waals surface area contributed by atoms with Crippen LogP contribution in [-0.4, -0.2) is 41.1 Å². The van der Waals surface area contributed by atoms with Gasteiger partial charge in [-0.25, -0.2) is 0 Å². The summed E-state index contributed by atoms with van der Waals surface area (Å²) in [6, 6.07) is 0. The van der Waals surface area contributed by atoms with Gasteiger partial charge in [0.15, 0.2) is 25.3 Å². The van der Waals surface area contributed by atoms with E-state index in [9.17, 15) is 0 Å². The van der Waals surface area contributed by atoms with Gasteiger partial charge in [-0.2, -0.15) is 0 Å². The topological polar surface area (TPSA) is 157 Å². The second-order valence-corrected chi connectivity index (χ2v) is 12.5. The number of nitrogens with one attached hydrogen (secondary N) is 2. The molecule has 3 aromatic rings. The summed E-state index contributed by atoms with van der Waals surface area (Å²) in [7, 11) is 6.35. The Morgan fingerprint density at radius 1 is 0.625 bits per heavy atom. The zero-order chi connectivity index (χ0) is 16.7. The van der Waals surface area contributed by atoms with Gasteiger partial charge in [0.2, 0.25) is 0 Å². The molecule has 0 aliphatic carbocycles. The largest absolute Gasteiger partial charge is 0.457 e. The van der Waals surface area contributed by atoms with E-state index in [-0.39, 0.29) is 5.48 Å². The van der Waals surface area contributed by atoms with E-state index < -0.39 is 0 Å². The van der Waals surface area contributed by atoms with E-state index >= 15 is 0 Å². The van der Waals surface area contributed by atoms with Crippen molar-refractivity contribution < 1.29 is 16.0 Å². The number of aromatic nitrogens is 6. The van der Waals surface area contributed by atoms with Crippen LogP contribution in [0.3, 0.4) is 0 Å². The average Bonchev–Trinajstić information content (AvgIpc) is 3.27. The van der Waals surface area contributed by atoms with E-state index in [2.05, 4.69) is 30.6 Å². The molecule has 0 radical (unpaired) electrons. The molecule has 0 spiro atoms. The van der Waals surface area contributed by atoms with Crippen LogP contribution in [0, 0.1) is 7.91 Å². The van der Waals surface area contributed by atoms with Crippen LogP contribution in [0.25, 0.3) is 0 Å². The summed E-state index contributed by atoms with van der Waals surface area (Å²) >= 11 is 14.0. The molecule has 0 aromatic carbocycles. The van der Waals surface area contributed by atoms with Gasteiger partial charge in [0.1, 0.15) is 0 Å². The third kappa shape index (κ3) is 7.33. The third-order valence-corrected chi connectivity index (χ3v) is 10.6. The minimum atomic E-state index is 0. The maximum absolute atomic E-state index is 6.00. The molecule has 4 bridgehead atoms. The fourth-order valence-corrected chi connectivity index (χ4v) is 8.76. The second kappa shape index (κ2) is 11.9. The smallest absolute Gasteiger partial charge is 0.186 e. The Labute approximate surface area is 172 Å². The molecule has 0 atom stereocenters. The van der Waals surface area contributed by atoms with E-state index in [4.69, 9.17) is 35.0 Å². The molecule has 18 heteroatoms. The van der Waals surface area contributed by atoms with Crippen molar-refractivity contribution in [1.82, 2.24) is 30.6 Å².